The molecule has 0 saturated heterocycles. The largest absolute Gasteiger partial charge is 0.394 e. The van der Waals surface area contributed by atoms with E-state index in [1.807, 2.05) is 30.3 Å². The molecule has 0 aliphatic heterocycles. The van der Waals surface area contributed by atoms with Gasteiger partial charge in [0.05, 0.1) is 12.6 Å². The van der Waals surface area contributed by atoms with Gasteiger partial charge in [0.2, 0.25) is 0 Å². The fraction of sp³-hybridized carbons (Fsp3) is 0.188. The monoisotopic (exact) mass is 289 g/mol. The molecule has 2 aromatic carbocycles. The Morgan fingerprint density at radius 3 is 2.35 bits per heavy atom. The average Bonchev–Trinajstić information content (AvgIpc) is 2.48. The highest BCUT2D eigenvalue weighted by molar-refractivity contribution is 6.30. The molecule has 0 saturated carbocycles. The number of carbonyl (C=O) groups is 1. The number of aliphatic hydroxyl groups is 1. The van der Waals surface area contributed by atoms with E-state index in [2.05, 4.69) is 5.32 Å². The van der Waals surface area contributed by atoms with E-state index in [-0.39, 0.29) is 18.6 Å². The lowest BCUT2D eigenvalue weighted by Gasteiger charge is -2.16. The van der Waals surface area contributed by atoms with Crippen LogP contribution in [-0.2, 0) is 6.42 Å². The van der Waals surface area contributed by atoms with Crippen LogP contribution in [0.3, 0.4) is 0 Å². The highest BCUT2D eigenvalue weighted by Crippen LogP contribution is 2.10. The van der Waals surface area contributed by atoms with E-state index in [0.29, 0.717) is 17.0 Å². The molecule has 0 fully saturated rings. The van der Waals surface area contributed by atoms with Crippen LogP contribution in [-0.4, -0.2) is 23.7 Å². The molecule has 0 aliphatic rings. The zero-order chi connectivity index (χ0) is 14.4. The fourth-order valence-electron chi connectivity index (χ4n) is 1.93. The molecule has 0 spiro atoms. The third-order valence-electron chi connectivity index (χ3n) is 2.99. The number of rotatable bonds is 5. The van der Waals surface area contributed by atoms with E-state index in [9.17, 15) is 9.90 Å². The summed E-state index contributed by atoms with van der Waals surface area (Å²) in [5.41, 5.74) is 1.60. The normalized spacial score (nSPS) is 11.9. The van der Waals surface area contributed by atoms with Crippen molar-refractivity contribution in [3.05, 3.63) is 70.7 Å². The summed E-state index contributed by atoms with van der Waals surface area (Å²) in [6.07, 6.45) is 0.594. The molecular weight excluding hydrogens is 274 g/mol. The van der Waals surface area contributed by atoms with Crippen molar-refractivity contribution in [3.8, 4) is 0 Å². The quantitative estimate of drug-likeness (QED) is 0.889. The Morgan fingerprint density at radius 2 is 1.75 bits per heavy atom. The van der Waals surface area contributed by atoms with E-state index in [1.54, 1.807) is 24.3 Å². The van der Waals surface area contributed by atoms with Crippen LogP contribution in [0.15, 0.2) is 54.6 Å². The maximum Gasteiger partial charge on any atom is 0.251 e. The first kappa shape index (κ1) is 14.6. The fourth-order valence-corrected chi connectivity index (χ4v) is 2.06. The SMILES string of the molecule is O=C(N[C@H](CO)Cc1ccccc1)c1ccc(Cl)cc1. The van der Waals surface area contributed by atoms with Crippen molar-refractivity contribution in [2.75, 3.05) is 6.61 Å². The van der Waals surface area contributed by atoms with Gasteiger partial charge in [-0.3, -0.25) is 4.79 Å². The average molecular weight is 290 g/mol. The minimum Gasteiger partial charge on any atom is -0.394 e. The summed E-state index contributed by atoms with van der Waals surface area (Å²) in [5.74, 6) is -0.211. The molecule has 0 radical (unpaired) electrons. The molecule has 2 N–H and O–H groups in total. The van der Waals surface area contributed by atoms with Gasteiger partial charge in [0.1, 0.15) is 0 Å². The second kappa shape index (κ2) is 7.08. The van der Waals surface area contributed by atoms with Crippen LogP contribution in [0, 0.1) is 0 Å². The van der Waals surface area contributed by atoms with Gasteiger partial charge in [0.15, 0.2) is 0 Å². The molecule has 1 atom stereocenters. The number of hydrogen-bond acceptors (Lipinski definition) is 2. The summed E-state index contributed by atoms with van der Waals surface area (Å²) < 4.78 is 0. The van der Waals surface area contributed by atoms with Crippen molar-refractivity contribution in [2.45, 2.75) is 12.5 Å². The number of hydrogen-bond donors (Lipinski definition) is 2. The predicted molar refractivity (Wildman–Crippen MR) is 79.9 cm³/mol. The first-order valence-corrected chi connectivity index (χ1v) is 6.78. The predicted octanol–water partition coefficient (Wildman–Crippen LogP) is 2.67. The molecule has 3 nitrogen and oxygen atoms in total. The van der Waals surface area contributed by atoms with Crippen LogP contribution >= 0.6 is 11.6 Å². The van der Waals surface area contributed by atoms with Gasteiger partial charge in [-0.05, 0) is 36.2 Å². The molecular formula is C16H16ClNO2. The van der Waals surface area contributed by atoms with Crippen molar-refractivity contribution in [3.63, 3.8) is 0 Å². The summed E-state index contributed by atoms with van der Waals surface area (Å²) in [7, 11) is 0. The van der Waals surface area contributed by atoms with Crippen LogP contribution in [0.25, 0.3) is 0 Å². The van der Waals surface area contributed by atoms with E-state index < -0.39 is 0 Å². The summed E-state index contributed by atoms with van der Waals surface area (Å²) in [5, 5.41) is 12.8. The molecule has 0 heterocycles. The van der Waals surface area contributed by atoms with Gasteiger partial charge in [-0.25, -0.2) is 0 Å². The third kappa shape index (κ3) is 4.08. The van der Waals surface area contributed by atoms with Crippen LogP contribution in [0.2, 0.25) is 5.02 Å². The van der Waals surface area contributed by atoms with Crippen LogP contribution < -0.4 is 5.32 Å². The zero-order valence-corrected chi connectivity index (χ0v) is 11.7. The van der Waals surface area contributed by atoms with Crippen LogP contribution in [0.1, 0.15) is 15.9 Å². The van der Waals surface area contributed by atoms with Gasteiger partial charge in [0, 0.05) is 10.6 Å². The molecule has 2 rings (SSSR count). The Bertz CT molecular complexity index is 554. The lowest BCUT2D eigenvalue weighted by atomic mass is 10.1. The van der Waals surface area contributed by atoms with Crippen molar-refractivity contribution >= 4 is 17.5 Å². The Labute approximate surface area is 123 Å². The zero-order valence-electron chi connectivity index (χ0n) is 10.9. The van der Waals surface area contributed by atoms with Gasteiger partial charge < -0.3 is 10.4 Å². The van der Waals surface area contributed by atoms with Crippen molar-refractivity contribution in [2.24, 2.45) is 0 Å². The summed E-state index contributed by atoms with van der Waals surface area (Å²) in [6, 6.07) is 16.1. The maximum absolute atomic E-state index is 12.1. The third-order valence-corrected chi connectivity index (χ3v) is 3.24. The van der Waals surface area contributed by atoms with E-state index in [0.717, 1.165) is 5.56 Å². The Balaban J connectivity index is 1.99. The number of aliphatic hydroxyl groups excluding tert-OH is 1. The van der Waals surface area contributed by atoms with Gasteiger partial charge in [-0.15, -0.1) is 0 Å². The molecule has 4 heteroatoms. The van der Waals surface area contributed by atoms with Crippen LogP contribution in [0.5, 0.6) is 0 Å². The number of amides is 1. The molecule has 1 amide bonds. The number of benzene rings is 2. The Morgan fingerprint density at radius 1 is 1.10 bits per heavy atom. The van der Waals surface area contributed by atoms with Crippen molar-refractivity contribution in [1.82, 2.24) is 5.32 Å². The second-order valence-electron chi connectivity index (χ2n) is 4.55. The van der Waals surface area contributed by atoms with Crippen molar-refractivity contribution in [1.29, 1.82) is 0 Å². The summed E-state index contributed by atoms with van der Waals surface area (Å²) >= 11 is 5.78. The summed E-state index contributed by atoms with van der Waals surface area (Å²) in [6.45, 7) is -0.103. The van der Waals surface area contributed by atoms with E-state index in [1.165, 1.54) is 0 Å². The summed E-state index contributed by atoms with van der Waals surface area (Å²) in [4.78, 5) is 12.1. The minimum atomic E-state index is -0.305. The minimum absolute atomic E-state index is 0.103. The van der Waals surface area contributed by atoms with Gasteiger partial charge >= 0.3 is 0 Å². The maximum atomic E-state index is 12.1. The smallest absolute Gasteiger partial charge is 0.251 e. The lowest BCUT2D eigenvalue weighted by molar-refractivity contribution is 0.0916. The standard InChI is InChI=1S/C16H16ClNO2/c17-14-8-6-13(7-9-14)16(20)18-15(11-19)10-12-4-2-1-3-5-12/h1-9,15,19H,10-11H2,(H,18,20)/t15-/m0/s1. The van der Waals surface area contributed by atoms with Gasteiger partial charge in [-0.2, -0.15) is 0 Å². The molecule has 0 aliphatic carbocycles. The first-order chi connectivity index (χ1) is 9.69. The number of carbonyl (C=O) groups excluding carboxylic acids is 1. The topological polar surface area (TPSA) is 49.3 Å². The van der Waals surface area contributed by atoms with Gasteiger partial charge in [-0.1, -0.05) is 41.9 Å². The van der Waals surface area contributed by atoms with Crippen LogP contribution in [0.4, 0.5) is 0 Å². The lowest BCUT2D eigenvalue weighted by Crippen LogP contribution is -2.39. The molecule has 2 aromatic rings. The molecule has 20 heavy (non-hydrogen) atoms. The number of nitrogens with one attached hydrogen (secondary N) is 1. The second-order valence-corrected chi connectivity index (χ2v) is 4.99. The van der Waals surface area contributed by atoms with Crippen molar-refractivity contribution < 1.29 is 9.90 Å². The number of halogens is 1. The first-order valence-electron chi connectivity index (χ1n) is 6.40. The molecule has 0 unspecified atom stereocenters. The highest BCUT2D eigenvalue weighted by atomic mass is 35.5. The molecule has 104 valence electrons. The van der Waals surface area contributed by atoms with E-state index >= 15 is 0 Å². The molecule has 0 bridgehead atoms. The Kier molecular flexibility index (Phi) is 5.16. The highest BCUT2D eigenvalue weighted by Gasteiger charge is 2.13. The molecule has 0 aromatic heterocycles. The van der Waals surface area contributed by atoms with E-state index in [4.69, 9.17) is 11.6 Å². The Hall–Kier alpha value is -1.84. The van der Waals surface area contributed by atoms with Gasteiger partial charge in [0.25, 0.3) is 5.91 Å².